The molecule has 136 valence electrons. The molecular weight excluding hydrogens is 332 g/mol. The minimum Gasteiger partial charge on any atom is -0.507 e. The van der Waals surface area contributed by atoms with Crippen molar-refractivity contribution >= 4 is 11.9 Å². The van der Waals surface area contributed by atoms with Crippen molar-refractivity contribution in [2.75, 3.05) is 21.3 Å². The predicted octanol–water partition coefficient (Wildman–Crippen LogP) is 4.04. The minimum atomic E-state index is -0.281. The number of ether oxygens (including phenoxy) is 3. The van der Waals surface area contributed by atoms with Crippen molar-refractivity contribution in [3.63, 3.8) is 0 Å². The zero-order chi connectivity index (χ0) is 19.1. The van der Waals surface area contributed by atoms with Crippen molar-refractivity contribution < 1.29 is 24.1 Å². The van der Waals surface area contributed by atoms with Gasteiger partial charge < -0.3 is 19.3 Å². The van der Waals surface area contributed by atoms with Gasteiger partial charge in [-0.25, -0.2) is 0 Å². The van der Waals surface area contributed by atoms with Gasteiger partial charge in [-0.1, -0.05) is 24.3 Å². The first-order valence-electron chi connectivity index (χ1n) is 7.99. The second kappa shape index (κ2) is 8.76. The van der Waals surface area contributed by atoms with E-state index in [0.717, 1.165) is 5.56 Å². The molecule has 2 aromatic carbocycles. The van der Waals surface area contributed by atoms with E-state index in [1.807, 2.05) is 12.1 Å². The average molecular weight is 354 g/mol. The van der Waals surface area contributed by atoms with Crippen molar-refractivity contribution in [3.05, 3.63) is 65.8 Å². The highest BCUT2D eigenvalue weighted by molar-refractivity contribution is 6.09. The monoisotopic (exact) mass is 354 g/mol. The third-order valence-electron chi connectivity index (χ3n) is 3.90. The van der Waals surface area contributed by atoms with Crippen LogP contribution in [-0.4, -0.2) is 32.2 Å². The van der Waals surface area contributed by atoms with Gasteiger partial charge in [0.1, 0.15) is 11.5 Å². The Labute approximate surface area is 153 Å². The number of carbonyl (C=O) groups excluding carboxylic acids is 1. The number of allylic oxidation sites excluding steroid dienone is 2. The van der Waals surface area contributed by atoms with Gasteiger partial charge in [0.05, 0.1) is 26.9 Å². The lowest BCUT2D eigenvalue weighted by Crippen LogP contribution is -2.01. The molecule has 5 nitrogen and oxygen atoms in total. The van der Waals surface area contributed by atoms with Gasteiger partial charge in [0, 0.05) is 11.6 Å². The van der Waals surface area contributed by atoms with Crippen LogP contribution in [-0.2, 0) is 6.42 Å². The fourth-order valence-electron chi connectivity index (χ4n) is 2.54. The van der Waals surface area contributed by atoms with Crippen LogP contribution in [0.1, 0.15) is 21.5 Å². The fourth-order valence-corrected chi connectivity index (χ4v) is 2.54. The Morgan fingerprint density at radius 1 is 1.08 bits per heavy atom. The molecule has 0 heterocycles. The van der Waals surface area contributed by atoms with Gasteiger partial charge in [-0.05, 0) is 30.2 Å². The highest BCUT2D eigenvalue weighted by Crippen LogP contribution is 2.35. The maximum atomic E-state index is 12.6. The molecule has 0 radical (unpaired) electrons. The van der Waals surface area contributed by atoms with Gasteiger partial charge >= 0.3 is 0 Å². The SMILES string of the molecule is C=CCc1cccc(C=CC(=O)c2cc(OC)c(OC)cc2OC)c1O. The van der Waals surface area contributed by atoms with E-state index in [0.29, 0.717) is 34.8 Å². The number of phenols is 1. The van der Waals surface area contributed by atoms with E-state index >= 15 is 0 Å². The normalized spacial score (nSPS) is 10.6. The summed E-state index contributed by atoms with van der Waals surface area (Å²) in [4.78, 5) is 12.6. The van der Waals surface area contributed by atoms with Gasteiger partial charge in [-0.2, -0.15) is 0 Å². The maximum Gasteiger partial charge on any atom is 0.189 e. The summed E-state index contributed by atoms with van der Waals surface area (Å²) < 4.78 is 15.7. The zero-order valence-electron chi connectivity index (χ0n) is 15.1. The van der Waals surface area contributed by atoms with Gasteiger partial charge in [0.2, 0.25) is 0 Å². The van der Waals surface area contributed by atoms with Crippen molar-refractivity contribution in [3.8, 4) is 23.0 Å². The molecule has 0 amide bonds. The zero-order valence-corrected chi connectivity index (χ0v) is 15.1. The van der Waals surface area contributed by atoms with Crippen LogP contribution < -0.4 is 14.2 Å². The number of para-hydroxylation sites is 1. The molecule has 0 saturated heterocycles. The van der Waals surface area contributed by atoms with Gasteiger partial charge in [0.25, 0.3) is 0 Å². The number of hydrogen-bond donors (Lipinski definition) is 1. The fraction of sp³-hybridized carbons (Fsp3) is 0.190. The Balaban J connectivity index is 2.37. The quantitative estimate of drug-likeness (QED) is 0.440. The van der Waals surface area contributed by atoms with Crippen LogP contribution in [0.15, 0.2) is 49.1 Å². The van der Waals surface area contributed by atoms with Gasteiger partial charge in [-0.15, -0.1) is 6.58 Å². The summed E-state index contributed by atoms with van der Waals surface area (Å²) >= 11 is 0. The number of methoxy groups -OCH3 is 3. The summed E-state index contributed by atoms with van der Waals surface area (Å²) in [6.45, 7) is 3.67. The molecule has 0 atom stereocenters. The van der Waals surface area contributed by atoms with E-state index < -0.39 is 0 Å². The van der Waals surface area contributed by atoms with Crippen LogP contribution in [0.3, 0.4) is 0 Å². The van der Waals surface area contributed by atoms with E-state index in [4.69, 9.17) is 14.2 Å². The first kappa shape index (κ1) is 19.1. The maximum absolute atomic E-state index is 12.6. The third kappa shape index (κ3) is 4.06. The van der Waals surface area contributed by atoms with Crippen molar-refractivity contribution in [2.45, 2.75) is 6.42 Å². The van der Waals surface area contributed by atoms with Crippen molar-refractivity contribution in [1.82, 2.24) is 0 Å². The molecule has 0 spiro atoms. The summed E-state index contributed by atoms with van der Waals surface area (Å²) in [5, 5.41) is 10.3. The highest BCUT2D eigenvalue weighted by Gasteiger charge is 2.16. The second-order valence-corrected chi connectivity index (χ2v) is 5.45. The summed E-state index contributed by atoms with van der Waals surface area (Å²) in [6, 6.07) is 8.53. The highest BCUT2D eigenvalue weighted by atomic mass is 16.5. The molecule has 0 bridgehead atoms. The standard InChI is InChI=1S/C21H22O5/c1-5-7-14-8-6-9-15(21(14)23)10-11-17(22)16-12-19(25-3)20(26-4)13-18(16)24-2/h5-6,8-13,23H,1,7H2,2-4H3. The molecule has 0 aliphatic rings. The Bertz CT molecular complexity index is 837. The molecule has 2 rings (SSSR count). The number of aromatic hydroxyl groups is 1. The van der Waals surface area contributed by atoms with Crippen LogP contribution in [0, 0.1) is 0 Å². The first-order chi connectivity index (χ1) is 12.5. The topological polar surface area (TPSA) is 65.0 Å². The van der Waals surface area contributed by atoms with E-state index in [1.54, 1.807) is 30.4 Å². The average Bonchev–Trinajstić information content (AvgIpc) is 2.67. The number of hydrogen-bond acceptors (Lipinski definition) is 5. The molecule has 0 saturated carbocycles. The second-order valence-electron chi connectivity index (χ2n) is 5.45. The van der Waals surface area contributed by atoms with Crippen LogP contribution >= 0.6 is 0 Å². The Morgan fingerprint density at radius 3 is 2.35 bits per heavy atom. The first-order valence-corrected chi connectivity index (χ1v) is 7.99. The van der Waals surface area contributed by atoms with Crippen molar-refractivity contribution in [1.29, 1.82) is 0 Å². The number of phenolic OH excluding ortho intramolecular Hbond substituents is 1. The lowest BCUT2D eigenvalue weighted by molar-refractivity contribution is 0.104. The van der Waals surface area contributed by atoms with Gasteiger partial charge in [0.15, 0.2) is 17.3 Å². The Morgan fingerprint density at radius 2 is 1.73 bits per heavy atom. The molecule has 5 heteroatoms. The van der Waals surface area contributed by atoms with E-state index in [-0.39, 0.29) is 11.5 Å². The number of rotatable bonds is 8. The summed E-state index contributed by atoms with van der Waals surface area (Å²) in [6.07, 6.45) is 5.21. The Hall–Kier alpha value is -3.21. The smallest absolute Gasteiger partial charge is 0.189 e. The number of carbonyl (C=O) groups is 1. The van der Waals surface area contributed by atoms with E-state index in [1.165, 1.54) is 27.4 Å². The van der Waals surface area contributed by atoms with Crippen LogP contribution in [0.25, 0.3) is 6.08 Å². The summed E-state index contributed by atoms with van der Waals surface area (Å²) in [5.74, 6) is 1.13. The van der Waals surface area contributed by atoms with Crippen molar-refractivity contribution in [2.24, 2.45) is 0 Å². The molecule has 0 aromatic heterocycles. The molecule has 2 aromatic rings. The van der Waals surface area contributed by atoms with E-state index in [2.05, 4.69) is 6.58 Å². The lowest BCUT2D eigenvalue weighted by Gasteiger charge is -2.12. The molecule has 26 heavy (non-hydrogen) atoms. The molecule has 0 aliphatic heterocycles. The molecule has 0 fully saturated rings. The molecule has 0 aliphatic carbocycles. The van der Waals surface area contributed by atoms with E-state index in [9.17, 15) is 9.90 Å². The third-order valence-corrected chi connectivity index (χ3v) is 3.90. The van der Waals surface area contributed by atoms with Gasteiger partial charge in [-0.3, -0.25) is 4.79 Å². The Kier molecular flexibility index (Phi) is 6.44. The number of benzene rings is 2. The molecular formula is C21H22O5. The number of ketones is 1. The predicted molar refractivity (Wildman–Crippen MR) is 101 cm³/mol. The minimum absolute atomic E-state index is 0.135. The lowest BCUT2D eigenvalue weighted by atomic mass is 10.0. The van der Waals surface area contributed by atoms with Crippen LogP contribution in [0.2, 0.25) is 0 Å². The van der Waals surface area contributed by atoms with Crippen LogP contribution in [0.5, 0.6) is 23.0 Å². The summed E-state index contributed by atoms with van der Waals surface area (Å²) in [7, 11) is 4.49. The largest absolute Gasteiger partial charge is 0.507 e. The summed E-state index contributed by atoms with van der Waals surface area (Å²) in [5.41, 5.74) is 1.64. The molecule has 0 unspecified atom stereocenters. The molecule has 1 N–H and O–H groups in total. The van der Waals surface area contributed by atoms with Crippen LogP contribution in [0.4, 0.5) is 0 Å².